The number of aryl methyl sites for hydroxylation is 1. The van der Waals surface area contributed by atoms with Crippen molar-refractivity contribution in [3.8, 4) is 27.6 Å². The van der Waals surface area contributed by atoms with Crippen molar-refractivity contribution in [2.45, 2.75) is 116 Å². The summed E-state index contributed by atoms with van der Waals surface area (Å²) in [4.78, 5) is 70.0. The Morgan fingerprint density at radius 1 is 0.873 bits per heavy atom. The van der Waals surface area contributed by atoms with E-state index in [9.17, 15) is 24.3 Å². The molecule has 3 aromatic carbocycles. The lowest BCUT2D eigenvalue weighted by atomic mass is 9.85. The number of hydrogen-bond donors (Lipinski definition) is 7. The average Bonchev–Trinajstić information content (AvgIpc) is 4.31. The molecule has 20 heteroatoms. The molecule has 0 aliphatic carbocycles. The maximum Gasteiger partial charge on any atom is 0.251 e. The molecule has 6 aromatic rings. The van der Waals surface area contributed by atoms with Gasteiger partial charge in [0.05, 0.1) is 40.4 Å². The van der Waals surface area contributed by atoms with Gasteiger partial charge >= 0.3 is 0 Å². The quantitative estimate of drug-likeness (QED) is 0.0264. The van der Waals surface area contributed by atoms with E-state index >= 15 is 0 Å². The largest absolute Gasteiger partial charge is 0.494 e. The molecule has 7 N–H and O–H groups in total. The number of benzene rings is 3. The second-order valence-corrected chi connectivity index (χ2v) is 22.3. The number of thiazole rings is 1. The van der Waals surface area contributed by atoms with Gasteiger partial charge in [0, 0.05) is 68.5 Å². The molecule has 2 fully saturated rings. The maximum atomic E-state index is 14.0. The predicted octanol–water partition coefficient (Wildman–Crippen LogP) is 7.26. The Morgan fingerprint density at radius 3 is 2.38 bits per heavy atom. The van der Waals surface area contributed by atoms with Crippen molar-refractivity contribution in [1.29, 1.82) is 0 Å². The first-order valence-corrected chi connectivity index (χ1v) is 28.2. The third-order valence-electron chi connectivity index (χ3n) is 14.3. The number of carbonyl (C=O) groups excluding carboxylic acids is 4. The summed E-state index contributed by atoms with van der Waals surface area (Å²) in [6.07, 6.45) is 7.45. The summed E-state index contributed by atoms with van der Waals surface area (Å²) < 4.78 is 17.6. The van der Waals surface area contributed by atoms with Crippen LogP contribution in [-0.4, -0.2) is 130 Å². The molecule has 4 amide bonds. The number of hydrogen-bond acceptors (Lipinski definition) is 15. The third-order valence-corrected chi connectivity index (χ3v) is 15.2. The van der Waals surface area contributed by atoms with Crippen LogP contribution in [0.4, 0.5) is 5.69 Å². The Labute approximate surface area is 466 Å². The van der Waals surface area contributed by atoms with Gasteiger partial charge in [-0.1, -0.05) is 63.2 Å². The fourth-order valence-corrected chi connectivity index (χ4v) is 10.6. The van der Waals surface area contributed by atoms with Crippen LogP contribution in [0.5, 0.6) is 5.75 Å². The van der Waals surface area contributed by atoms with E-state index in [-0.39, 0.29) is 44.0 Å². The Kier molecular flexibility index (Phi) is 20.3. The molecular formula is C59H75N11O8S. The molecule has 0 saturated carbocycles. The monoisotopic (exact) mass is 1100 g/mol. The van der Waals surface area contributed by atoms with Gasteiger partial charge in [-0.05, 0) is 130 Å². The van der Waals surface area contributed by atoms with E-state index in [1.807, 2.05) is 125 Å². The zero-order valence-electron chi connectivity index (χ0n) is 45.9. The van der Waals surface area contributed by atoms with Crippen LogP contribution >= 0.6 is 11.3 Å². The highest BCUT2D eigenvalue weighted by atomic mass is 32.1. The van der Waals surface area contributed by atoms with Gasteiger partial charge in [0.25, 0.3) is 5.91 Å². The average molecular weight is 1100 g/mol. The summed E-state index contributed by atoms with van der Waals surface area (Å²) in [6, 6.07) is 24.9. The summed E-state index contributed by atoms with van der Waals surface area (Å²) >= 11 is 1.57. The Bertz CT molecular complexity index is 2940. The molecule has 19 nitrogen and oxygen atoms in total. The van der Waals surface area contributed by atoms with Crippen molar-refractivity contribution in [2.75, 3.05) is 58.0 Å². The van der Waals surface area contributed by atoms with Gasteiger partial charge in [-0.25, -0.2) is 9.97 Å². The van der Waals surface area contributed by atoms with Crippen LogP contribution in [0.2, 0.25) is 0 Å². The lowest BCUT2D eigenvalue weighted by Gasteiger charge is -2.37. The lowest BCUT2D eigenvalue weighted by Crippen LogP contribution is -2.58. The van der Waals surface area contributed by atoms with Crippen molar-refractivity contribution in [3.63, 3.8) is 0 Å². The van der Waals surface area contributed by atoms with Crippen LogP contribution in [0.1, 0.15) is 112 Å². The highest BCUT2D eigenvalue weighted by Crippen LogP contribution is 2.35. The zero-order chi connectivity index (χ0) is 55.8. The van der Waals surface area contributed by atoms with Crippen molar-refractivity contribution in [3.05, 3.63) is 131 Å². The molecule has 0 bridgehead atoms. The van der Waals surface area contributed by atoms with Crippen LogP contribution in [-0.2, 0) is 35.9 Å². The number of piperidine rings is 1. The van der Waals surface area contributed by atoms with E-state index in [1.165, 1.54) is 4.90 Å². The number of nitrogens with one attached hydrogen (secondary N) is 6. The molecule has 8 rings (SSSR count). The Balaban J connectivity index is 0.689. The summed E-state index contributed by atoms with van der Waals surface area (Å²) in [6.45, 7) is 13.0. The highest BCUT2D eigenvalue weighted by molar-refractivity contribution is 7.13. The number of aliphatic hydroxyl groups is 1. The number of rotatable bonds is 26. The van der Waals surface area contributed by atoms with Crippen molar-refractivity contribution in [2.24, 2.45) is 5.41 Å². The molecule has 3 aromatic heterocycles. The van der Waals surface area contributed by atoms with Crippen molar-refractivity contribution >= 4 is 40.7 Å². The van der Waals surface area contributed by atoms with Gasteiger partial charge in [0.2, 0.25) is 17.7 Å². The third kappa shape index (κ3) is 16.0. The number of ether oxygens (including phenoxy) is 3. The van der Waals surface area contributed by atoms with E-state index in [0.29, 0.717) is 44.2 Å². The standard InChI is InChI=1S/C59H75N11O8S/c1-39(64-54(73)45-13-9-14-46(32-45)67-59(22-26-61-27-23-59)57-66-53(68-69-57)43-20-24-60-25-21-43)44-12-10-15-48(33-44)78-31-8-6-7-28-76-29-11-30-77-37-50(72)65-52(58(3,4)5)56(75)70-36-47(71)34-49(70)55(74)62-35-41-16-18-42(19-17-41)51-40(2)63-38-79-51/h9-10,12-21,24-25,32-33,38-39,47,49,52,61,67,71H,6-8,11,22-23,26-31,34-37H2,1-5H3,(H,62,74)(H,64,73)(H,65,72)(H,66,68,69)/t39-,47+,49-,52+/m0/s1. The van der Waals surface area contributed by atoms with E-state index in [1.54, 1.807) is 23.7 Å². The van der Waals surface area contributed by atoms with Gasteiger partial charge in [-0.15, -0.1) is 11.3 Å². The second-order valence-electron chi connectivity index (χ2n) is 21.4. The Morgan fingerprint density at radius 2 is 1.62 bits per heavy atom. The minimum atomic E-state index is -0.951. The van der Waals surface area contributed by atoms with Crippen LogP contribution < -0.4 is 31.3 Å². The van der Waals surface area contributed by atoms with Gasteiger partial charge < -0.3 is 50.8 Å². The number of anilines is 1. The first-order chi connectivity index (χ1) is 38.2. The van der Waals surface area contributed by atoms with Crippen LogP contribution in [0.25, 0.3) is 21.8 Å². The Hall–Kier alpha value is -7.10. The number of unbranched alkanes of at least 4 members (excludes halogenated alkanes) is 2. The first-order valence-electron chi connectivity index (χ1n) is 27.3. The summed E-state index contributed by atoms with van der Waals surface area (Å²) in [5.41, 5.74) is 6.71. The normalized spacial score (nSPS) is 16.9. The summed E-state index contributed by atoms with van der Waals surface area (Å²) in [5.74, 6) is 0.668. The van der Waals surface area contributed by atoms with Crippen molar-refractivity contribution < 1.29 is 38.5 Å². The number of amides is 4. The molecule has 79 heavy (non-hydrogen) atoms. The van der Waals surface area contributed by atoms with E-state index in [0.717, 1.165) is 95.3 Å². The molecule has 2 aliphatic heterocycles. The molecule has 4 atom stereocenters. The number of aliphatic hydroxyl groups excluding tert-OH is 1. The number of pyridine rings is 1. The van der Waals surface area contributed by atoms with E-state index < -0.39 is 41.0 Å². The fraction of sp³-hybridized carbons (Fsp3) is 0.458. The minimum absolute atomic E-state index is 0.00936. The molecule has 420 valence electrons. The number of nitrogens with zero attached hydrogens (tertiary/aromatic N) is 5. The van der Waals surface area contributed by atoms with Gasteiger partial charge in [-0.3, -0.25) is 29.3 Å². The molecular weight excluding hydrogens is 1020 g/mol. The number of aromatic nitrogens is 5. The van der Waals surface area contributed by atoms with Crippen LogP contribution in [0.3, 0.4) is 0 Å². The van der Waals surface area contributed by atoms with Crippen LogP contribution in [0.15, 0.2) is 103 Å². The summed E-state index contributed by atoms with van der Waals surface area (Å²) in [7, 11) is 0. The molecule has 0 radical (unpaired) electrons. The van der Waals surface area contributed by atoms with Gasteiger partial charge in [0.15, 0.2) is 11.6 Å². The van der Waals surface area contributed by atoms with E-state index in [4.69, 9.17) is 19.2 Å². The maximum absolute atomic E-state index is 14.0. The molecule has 0 spiro atoms. The number of aromatic amines is 1. The number of β-amino-alcohol motifs (C(OH)–C–C–N with tert-alkyl or cyclic N) is 1. The highest BCUT2D eigenvalue weighted by Gasteiger charge is 2.44. The SMILES string of the molecule is Cc1ncsc1-c1ccc(CNC(=O)[C@@H]2C[C@@H](O)CN2C(=O)[C@@H](NC(=O)COCCCOCCCCCOc2cccc([C@H](C)NC(=O)c3cccc(NC4(c5nc(-c6ccncc6)n[nH]5)CCNCC4)c3)c2)C(C)(C)C)cc1. The fourth-order valence-electron chi connectivity index (χ4n) is 9.82. The molecule has 2 saturated heterocycles. The van der Waals surface area contributed by atoms with Crippen molar-refractivity contribution in [1.82, 2.24) is 51.3 Å². The van der Waals surface area contributed by atoms with Gasteiger partial charge in [-0.2, -0.15) is 5.10 Å². The number of H-pyrrole nitrogens is 1. The molecule has 0 unspecified atom stereocenters. The first kappa shape index (κ1) is 58.1. The lowest BCUT2D eigenvalue weighted by molar-refractivity contribution is -0.144. The second kappa shape index (κ2) is 27.7. The topological polar surface area (TPSA) is 247 Å². The predicted molar refractivity (Wildman–Crippen MR) is 303 cm³/mol. The molecule has 5 heterocycles. The number of carbonyl (C=O) groups is 4. The number of likely N-dealkylation sites (tertiary alicyclic amines) is 1. The van der Waals surface area contributed by atoms with E-state index in [2.05, 4.69) is 46.7 Å². The van der Waals surface area contributed by atoms with Gasteiger partial charge in [0.1, 0.15) is 24.4 Å². The molecule has 2 aliphatic rings. The minimum Gasteiger partial charge on any atom is -0.494 e. The summed E-state index contributed by atoms with van der Waals surface area (Å²) in [5, 5.41) is 34.4. The smallest absolute Gasteiger partial charge is 0.251 e. The zero-order valence-corrected chi connectivity index (χ0v) is 46.7. The van der Waals surface area contributed by atoms with Crippen LogP contribution in [0, 0.1) is 12.3 Å².